The number of pyridine rings is 1. The first-order valence-corrected chi connectivity index (χ1v) is 7.14. The molecule has 1 N–H and O–H groups in total. The zero-order chi connectivity index (χ0) is 16.2. The van der Waals surface area contributed by atoms with Crippen LogP contribution in [0.5, 0.6) is 0 Å². The molecule has 1 heterocycles. The average Bonchev–Trinajstić information content (AvgIpc) is 2.53. The van der Waals surface area contributed by atoms with Crippen LogP contribution >= 0.6 is 0 Å². The maximum absolute atomic E-state index is 12.1. The van der Waals surface area contributed by atoms with Gasteiger partial charge in [-0.2, -0.15) is 5.26 Å². The van der Waals surface area contributed by atoms with E-state index in [0.717, 1.165) is 0 Å². The number of amides is 1. The van der Waals surface area contributed by atoms with Crippen molar-refractivity contribution in [2.45, 2.75) is 26.2 Å². The first kappa shape index (κ1) is 15.7. The van der Waals surface area contributed by atoms with Crippen molar-refractivity contribution in [3.8, 4) is 6.07 Å². The summed E-state index contributed by atoms with van der Waals surface area (Å²) in [6.45, 7) is 6.74. The molecule has 0 bridgehead atoms. The van der Waals surface area contributed by atoms with E-state index in [-0.39, 0.29) is 11.3 Å². The van der Waals surface area contributed by atoms with Gasteiger partial charge >= 0.3 is 0 Å². The molecule has 0 saturated carbocycles. The molecule has 2 aromatic rings. The number of nitrogens with one attached hydrogen (secondary N) is 1. The van der Waals surface area contributed by atoms with Gasteiger partial charge in [-0.25, -0.2) is 4.98 Å². The van der Waals surface area contributed by atoms with E-state index in [1.54, 1.807) is 12.1 Å². The van der Waals surface area contributed by atoms with Crippen LogP contribution in [-0.4, -0.2) is 17.4 Å². The van der Waals surface area contributed by atoms with E-state index >= 15 is 0 Å². The number of hydrogen-bond donors (Lipinski definition) is 1. The fourth-order valence-corrected chi connectivity index (χ4v) is 2.09. The van der Waals surface area contributed by atoms with E-state index in [1.165, 1.54) is 17.3 Å². The standard InChI is InChI=1S/C18H19N3O/c1-13-4-7-15(8-5-13)18(2,3)12-21-17(22)16-9-6-14(10-19)11-20-16/h4-9,11H,12H2,1-3H3,(H,21,22). The molecule has 4 nitrogen and oxygen atoms in total. The van der Waals surface area contributed by atoms with Crippen LogP contribution in [0.3, 0.4) is 0 Å². The molecule has 2 rings (SSSR count). The van der Waals surface area contributed by atoms with Crippen LogP contribution in [0.15, 0.2) is 42.6 Å². The van der Waals surface area contributed by atoms with Crippen molar-refractivity contribution in [3.63, 3.8) is 0 Å². The number of aromatic nitrogens is 1. The smallest absolute Gasteiger partial charge is 0.269 e. The number of carbonyl (C=O) groups is 1. The molecule has 0 saturated heterocycles. The summed E-state index contributed by atoms with van der Waals surface area (Å²) in [7, 11) is 0. The highest BCUT2D eigenvalue weighted by Gasteiger charge is 2.21. The fourth-order valence-electron chi connectivity index (χ4n) is 2.09. The molecule has 0 aliphatic heterocycles. The van der Waals surface area contributed by atoms with E-state index in [2.05, 4.69) is 55.3 Å². The second-order valence-corrected chi connectivity index (χ2v) is 5.98. The third-order valence-corrected chi connectivity index (χ3v) is 3.65. The van der Waals surface area contributed by atoms with Crippen molar-refractivity contribution in [2.75, 3.05) is 6.54 Å². The minimum Gasteiger partial charge on any atom is -0.350 e. The summed E-state index contributed by atoms with van der Waals surface area (Å²) in [6.07, 6.45) is 1.40. The predicted octanol–water partition coefficient (Wildman–Crippen LogP) is 2.97. The first-order chi connectivity index (χ1) is 10.4. The number of aryl methyl sites for hydroxylation is 1. The highest BCUT2D eigenvalue weighted by molar-refractivity contribution is 5.92. The number of nitrogens with zero attached hydrogens (tertiary/aromatic N) is 2. The Hall–Kier alpha value is -2.67. The minimum atomic E-state index is -0.232. The number of hydrogen-bond acceptors (Lipinski definition) is 3. The number of nitriles is 1. The van der Waals surface area contributed by atoms with E-state index in [0.29, 0.717) is 17.8 Å². The summed E-state index contributed by atoms with van der Waals surface area (Å²) >= 11 is 0. The molecule has 112 valence electrons. The summed E-state index contributed by atoms with van der Waals surface area (Å²) in [6, 6.07) is 13.4. The van der Waals surface area contributed by atoms with Gasteiger partial charge in [-0.15, -0.1) is 0 Å². The normalized spacial score (nSPS) is 10.8. The van der Waals surface area contributed by atoms with Gasteiger partial charge in [0.1, 0.15) is 11.8 Å². The molecule has 0 fully saturated rings. The third-order valence-electron chi connectivity index (χ3n) is 3.65. The summed E-state index contributed by atoms with van der Waals surface area (Å²) in [5, 5.41) is 11.6. The quantitative estimate of drug-likeness (QED) is 0.942. The predicted molar refractivity (Wildman–Crippen MR) is 85.5 cm³/mol. The Bertz CT molecular complexity index is 695. The van der Waals surface area contributed by atoms with Crippen molar-refractivity contribution in [3.05, 3.63) is 65.0 Å². The molecule has 0 spiro atoms. The Morgan fingerprint density at radius 2 is 1.91 bits per heavy atom. The minimum absolute atomic E-state index is 0.171. The molecule has 4 heteroatoms. The van der Waals surface area contributed by atoms with Crippen molar-refractivity contribution < 1.29 is 4.79 Å². The molecule has 1 aromatic carbocycles. The van der Waals surface area contributed by atoms with Gasteiger partial charge < -0.3 is 5.32 Å². The Morgan fingerprint density at radius 1 is 1.23 bits per heavy atom. The lowest BCUT2D eigenvalue weighted by Gasteiger charge is -2.25. The summed E-state index contributed by atoms with van der Waals surface area (Å²) in [5.41, 5.74) is 2.97. The van der Waals surface area contributed by atoms with Crippen LogP contribution in [-0.2, 0) is 5.41 Å². The third kappa shape index (κ3) is 3.70. The highest BCUT2D eigenvalue weighted by atomic mass is 16.1. The van der Waals surface area contributed by atoms with Crippen LogP contribution < -0.4 is 5.32 Å². The molecular weight excluding hydrogens is 274 g/mol. The SMILES string of the molecule is Cc1ccc(C(C)(C)CNC(=O)c2ccc(C#N)cn2)cc1. The van der Waals surface area contributed by atoms with E-state index in [9.17, 15) is 4.79 Å². The largest absolute Gasteiger partial charge is 0.350 e. The van der Waals surface area contributed by atoms with Gasteiger partial charge in [0.15, 0.2) is 0 Å². The van der Waals surface area contributed by atoms with Crippen LogP contribution in [0.4, 0.5) is 0 Å². The monoisotopic (exact) mass is 293 g/mol. The highest BCUT2D eigenvalue weighted by Crippen LogP contribution is 2.22. The van der Waals surface area contributed by atoms with Crippen LogP contribution in [0.1, 0.15) is 41.0 Å². The molecular formula is C18H19N3O. The Morgan fingerprint density at radius 3 is 2.45 bits per heavy atom. The molecule has 0 atom stereocenters. The number of rotatable bonds is 4. The molecule has 0 aliphatic carbocycles. The second kappa shape index (κ2) is 6.40. The topological polar surface area (TPSA) is 65.8 Å². The lowest BCUT2D eigenvalue weighted by Crippen LogP contribution is -2.37. The Balaban J connectivity index is 2.03. The van der Waals surface area contributed by atoms with Crippen molar-refractivity contribution in [1.29, 1.82) is 5.26 Å². The number of benzene rings is 1. The van der Waals surface area contributed by atoms with Crippen LogP contribution in [0, 0.1) is 18.3 Å². The fraction of sp³-hybridized carbons (Fsp3) is 0.278. The molecule has 0 aliphatic rings. The van der Waals surface area contributed by atoms with Crippen molar-refractivity contribution in [1.82, 2.24) is 10.3 Å². The van der Waals surface area contributed by atoms with Crippen LogP contribution in [0.25, 0.3) is 0 Å². The molecule has 0 radical (unpaired) electrons. The maximum atomic E-state index is 12.1. The van der Waals surface area contributed by atoms with Gasteiger partial charge in [0, 0.05) is 18.2 Å². The molecule has 0 unspecified atom stereocenters. The van der Waals surface area contributed by atoms with E-state index in [4.69, 9.17) is 5.26 Å². The zero-order valence-electron chi connectivity index (χ0n) is 13.1. The van der Waals surface area contributed by atoms with Gasteiger partial charge in [-0.3, -0.25) is 4.79 Å². The second-order valence-electron chi connectivity index (χ2n) is 5.98. The maximum Gasteiger partial charge on any atom is 0.269 e. The lowest BCUT2D eigenvalue weighted by atomic mass is 9.84. The molecule has 1 amide bonds. The van der Waals surface area contributed by atoms with Crippen molar-refractivity contribution in [2.24, 2.45) is 0 Å². The molecule has 22 heavy (non-hydrogen) atoms. The zero-order valence-corrected chi connectivity index (χ0v) is 13.1. The van der Waals surface area contributed by atoms with Crippen molar-refractivity contribution >= 4 is 5.91 Å². The van der Waals surface area contributed by atoms with E-state index in [1.807, 2.05) is 6.07 Å². The van der Waals surface area contributed by atoms with E-state index < -0.39 is 0 Å². The van der Waals surface area contributed by atoms with Gasteiger partial charge in [0.05, 0.1) is 5.56 Å². The van der Waals surface area contributed by atoms with Crippen LogP contribution in [0.2, 0.25) is 0 Å². The molecule has 1 aromatic heterocycles. The van der Waals surface area contributed by atoms with Gasteiger partial charge in [0.2, 0.25) is 0 Å². The summed E-state index contributed by atoms with van der Waals surface area (Å²) in [5.74, 6) is -0.232. The Kier molecular flexibility index (Phi) is 4.57. The van der Waals surface area contributed by atoms with Gasteiger partial charge in [-0.1, -0.05) is 43.7 Å². The first-order valence-electron chi connectivity index (χ1n) is 7.14. The lowest BCUT2D eigenvalue weighted by molar-refractivity contribution is 0.0940. The number of carbonyl (C=O) groups excluding carboxylic acids is 1. The van der Waals surface area contributed by atoms with Gasteiger partial charge in [0.25, 0.3) is 5.91 Å². The summed E-state index contributed by atoms with van der Waals surface area (Å²) in [4.78, 5) is 16.1. The average molecular weight is 293 g/mol. The summed E-state index contributed by atoms with van der Waals surface area (Å²) < 4.78 is 0. The Labute approximate surface area is 130 Å². The van der Waals surface area contributed by atoms with Gasteiger partial charge in [-0.05, 0) is 24.6 Å².